The van der Waals surface area contributed by atoms with Crippen LogP contribution in [0.2, 0.25) is 0 Å². The van der Waals surface area contributed by atoms with E-state index in [0.717, 1.165) is 5.82 Å². The molecule has 0 bridgehead atoms. The standard InChI is InChI=1S/C12H20N2O/c1-11(2)9(12(11,3)4)8(15)10-13-6-7-14(10)5/h6-9,15H,1-5H3. The van der Waals surface area contributed by atoms with Gasteiger partial charge in [0.15, 0.2) is 0 Å². The number of nitrogens with zero attached hydrogens (tertiary/aromatic N) is 2. The van der Waals surface area contributed by atoms with E-state index < -0.39 is 6.10 Å². The Bertz CT molecular complexity index is 365. The fraction of sp³-hybridized carbons (Fsp3) is 0.750. The van der Waals surface area contributed by atoms with E-state index in [1.165, 1.54) is 0 Å². The highest BCUT2D eigenvalue weighted by Gasteiger charge is 2.67. The molecule has 3 heteroatoms. The minimum atomic E-state index is -0.449. The third kappa shape index (κ3) is 1.26. The lowest BCUT2D eigenvalue weighted by Gasteiger charge is -2.12. The Morgan fingerprint density at radius 2 is 1.87 bits per heavy atom. The van der Waals surface area contributed by atoms with E-state index >= 15 is 0 Å². The summed E-state index contributed by atoms with van der Waals surface area (Å²) in [6.07, 6.45) is 3.16. The van der Waals surface area contributed by atoms with Crippen molar-refractivity contribution in [3.05, 3.63) is 18.2 Å². The molecule has 0 aliphatic heterocycles. The Morgan fingerprint density at radius 3 is 2.20 bits per heavy atom. The van der Waals surface area contributed by atoms with E-state index in [0.29, 0.717) is 5.92 Å². The zero-order valence-electron chi connectivity index (χ0n) is 10.2. The number of aryl methyl sites for hydroxylation is 1. The molecular formula is C12H20N2O. The van der Waals surface area contributed by atoms with Crippen LogP contribution in [0.3, 0.4) is 0 Å². The van der Waals surface area contributed by atoms with Crippen molar-refractivity contribution >= 4 is 0 Å². The lowest BCUT2D eigenvalue weighted by Crippen LogP contribution is -2.11. The van der Waals surface area contributed by atoms with E-state index in [1.54, 1.807) is 6.20 Å². The number of aliphatic hydroxyl groups is 1. The summed E-state index contributed by atoms with van der Waals surface area (Å²) in [5.41, 5.74) is 0.386. The summed E-state index contributed by atoms with van der Waals surface area (Å²) >= 11 is 0. The van der Waals surface area contributed by atoms with Gasteiger partial charge in [0, 0.05) is 25.4 Å². The van der Waals surface area contributed by atoms with Gasteiger partial charge in [0.2, 0.25) is 0 Å². The van der Waals surface area contributed by atoms with Crippen molar-refractivity contribution in [1.82, 2.24) is 9.55 Å². The number of aliphatic hydroxyl groups excluding tert-OH is 1. The van der Waals surface area contributed by atoms with Gasteiger partial charge in [-0.3, -0.25) is 0 Å². The van der Waals surface area contributed by atoms with Gasteiger partial charge in [-0.15, -0.1) is 0 Å². The molecule has 1 fully saturated rings. The summed E-state index contributed by atoms with van der Waals surface area (Å²) in [6.45, 7) is 8.85. The molecular weight excluding hydrogens is 188 g/mol. The van der Waals surface area contributed by atoms with Gasteiger partial charge in [-0.1, -0.05) is 27.7 Å². The number of hydrogen-bond donors (Lipinski definition) is 1. The Morgan fingerprint density at radius 1 is 1.33 bits per heavy atom. The van der Waals surface area contributed by atoms with Crippen LogP contribution in [0.4, 0.5) is 0 Å². The molecule has 1 heterocycles. The van der Waals surface area contributed by atoms with Crippen LogP contribution in [0.5, 0.6) is 0 Å². The molecule has 0 radical (unpaired) electrons. The van der Waals surface area contributed by atoms with Crippen molar-refractivity contribution in [2.24, 2.45) is 23.8 Å². The SMILES string of the molecule is Cn1ccnc1C(O)C1C(C)(C)C1(C)C. The van der Waals surface area contributed by atoms with Crippen LogP contribution in [-0.4, -0.2) is 14.7 Å². The van der Waals surface area contributed by atoms with E-state index in [4.69, 9.17) is 0 Å². The van der Waals surface area contributed by atoms with Crippen molar-refractivity contribution in [2.45, 2.75) is 33.8 Å². The average Bonchev–Trinajstić information content (AvgIpc) is 2.48. The predicted molar refractivity (Wildman–Crippen MR) is 59.2 cm³/mol. The topological polar surface area (TPSA) is 38.0 Å². The maximum Gasteiger partial charge on any atom is 0.137 e. The van der Waals surface area contributed by atoms with E-state index in [-0.39, 0.29) is 10.8 Å². The average molecular weight is 208 g/mol. The zero-order valence-corrected chi connectivity index (χ0v) is 10.2. The number of aromatic nitrogens is 2. The molecule has 15 heavy (non-hydrogen) atoms. The Labute approximate surface area is 91.1 Å². The molecule has 1 saturated carbocycles. The second kappa shape index (κ2) is 2.85. The quantitative estimate of drug-likeness (QED) is 0.808. The molecule has 0 saturated heterocycles. The summed E-state index contributed by atoms with van der Waals surface area (Å²) in [6, 6.07) is 0. The normalized spacial score (nSPS) is 25.2. The first-order valence-corrected chi connectivity index (χ1v) is 5.45. The summed E-state index contributed by atoms with van der Waals surface area (Å²) in [5.74, 6) is 1.07. The van der Waals surface area contributed by atoms with E-state index in [1.807, 2.05) is 17.8 Å². The zero-order chi connectivity index (χ0) is 11.4. The Hall–Kier alpha value is -0.830. The second-order valence-electron chi connectivity index (χ2n) is 5.76. The van der Waals surface area contributed by atoms with Gasteiger partial charge in [0.1, 0.15) is 11.9 Å². The van der Waals surface area contributed by atoms with Gasteiger partial charge in [0.05, 0.1) is 0 Å². The van der Waals surface area contributed by atoms with Crippen LogP contribution in [-0.2, 0) is 7.05 Å². The van der Waals surface area contributed by atoms with Gasteiger partial charge in [-0.2, -0.15) is 0 Å². The number of imidazole rings is 1. The van der Waals surface area contributed by atoms with Crippen molar-refractivity contribution in [2.75, 3.05) is 0 Å². The molecule has 84 valence electrons. The van der Waals surface area contributed by atoms with Crippen molar-refractivity contribution in [1.29, 1.82) is 0 Å². The molecule has 0 aromatic carbocycles. The summed E-state index contributed by atoms with van der Waals surface area (Å²) in [5, 5.41) is 10.3. The maximum absolute atomic E-state index is 10.3. The molecule has 1 N–H and O–H groups in total. The highest BCUT2D eigenvalue weighted by molar-refractivity contribution is 5.18. The van der Waals surface area contributed by atoms with Crippen molar-refractivity contribution in [3.8, 4) is 0 Å². The van der Waals surface area contributed by atoms with Gasteiger partial charge >= 0.3 is 0 Å². The largest absolute Gasteiger partial charge is 0.385 e. The summed E-state index contributed by atoms with van der Waals surface area (Å²) < 4.78 is 1.90. The Balaban J connectivity index is 2.26. The molecule has 1 unspecified atom stereocenters. The van der Waals surface area contributed by atoms with Crippen molar-refractivity contribution < 1.29 is 5.11 Å². The molecule has 1 aromatic heterocycles. The molecule has 3 nitrogen and oxygen atoms in total. The maximum atomic E-state index is 10.3. The van der Waals surface area contributed by atoms with Gasteiger partial charge in [-0.25, -0.2) is 4.98 Å². The smallest absolute Gasteiger partial charge is 0.137 e. The Kier molecular flexibility index (Phi) is 2.03. The van der Waals surface area contributed by atoms with Gasteiger partial charge in [0.25, 0.3) is 0 Å². The molecule has 1 aliphatic rings. The minimum absolute atomic E-state index is 0.193. The molecule has 1 aliphatic carbocycles. The third-order valence-electron chi connectivity index (χ3n) is 4.57. The number of rotatable bonds is 2. The minimum Gasteiger partial charge on any atom is -0.385 e. The highest BCUT2D eigenvalue weighted by Crippen LogP contribution is 2.72. The van der Waals surface area contributed by atoms with Crippen LogP contribution in [0, 0.1) is 16.7 Å². The molecule has 1 aromatic rings. The lowest BCUT2D eigenvalue weighted by atomic mass is 10.0. The van der Waals surface area contributed by atoms with Crippen LogP contribution in [0.1, 0.15) is 39.6 Å². The fourth-order valence-electron chi connectivity index (χ4n) is 2.85. The first-order chi connectivity index (χ1) is 6.80. The first kappa shape index (κ1) is 10.7. The summed E-state index contributed by atoms with van der Waals surface area (Å²) in [7, 11) is 1.92. The van der Waals surface area contributed by atoms with Crippen LogP contribution in [0.15, 0.2) is 12.4 Å². The van der Waals surface area contributed by atoms with Crippen LogP contribution < -0.4 is 0 Å². The first-order valence-electron chi connectivity index (χ1n) is 5.45. The van der Waals surface area contributed by atoms with E-state index in [9.17, 15) is 5.11 Å². The number of hydrogen-bond acceptors (Lipinski definition) is 2. The van der Waals surface area contributed by atoms with E-state index in [2.05, 4.69) is 32.7 Å². The second-order valence-corrected chi connectivity index (χ2v) is 5.76. The third-order valence-corrected chi connectivity index (χ3v) is 4.57. The highest BCUT2D eigenvalue weighted by atomic mass is 16.3. The van der Waals surface area contributed by atoms with Gasteiger partial charge < -0.3 is 9.67 Å². The fourth-order valence-corrected chi connectivity index (χ4v) is 2.85. The summed E-state index contributed by atoms with van der Waals surface area (Å²) in [4.78, 5) is 4.22. The lowest BCUT2D eigenvalue weighted by molar-refractivity contribution is 0.118. The van der Waals surface area contributed by atoms with Crippen LogP contribution in [0.25, 0.3) is 0 Å². The van der Waals surface area contributed by atoms with Crippen molar-refractivity contribution in [3.63, 3.8) is 0 Å². The van der Waals surface area contributed by atoms with Gasteiger partial charge in [-0.05, 0) is 10.8 Å². The predicted octanol–water partition coefficient (Wildman–Crippen LogP) is 2.14. The molecule has 2 rings (SSSR count). The van der Waals surface area contributed by atoms with Crippen LogP contribution >= 0.6 is 0 Å². The molecule has 1 atom stereocenters. The monoisotopic (exact) mass is 208 g/mol. The molecule has 0 spiro atoms. The molecule has 0 amide bonds.